The third kappa shape index (κ3) is 1.41. The van der Waals surface area contributed by atoms with Gasteiger partial charge in [0.15, 0.2) is 0 Å². The summed E-state index contributed by atoms with van der Waals surface area (Å²) in [4.78, 5) is 0. The van der Waals surface area contributed by atoms with E-state index >= 15 is 0 Å². The highest BCUT2D eigenvalue weighted by molar-refractivity contribution is 5.31. The van der Waals surface area contributed by atoms with Gasteiger partial charge in [-0.25, -0.2) is 0 Å². The largest absolute Gasteiger partial charge is 0.497 e. The van der Waals surface area contributed by atoms with Crippen LogP contribution in [0.5, 0.6) is 11.5 Å². The second kappa shape index (κ2) is 3.11. The average molecular weight is 137 g/mol. The highest BCUT2D eigenvalue weighted by Gasteiger charge is 1.92. The fourth-order valence-corrected chi connectivity index (χ4v) is 0.670. The van der Waals surface area contributed by atoms with E-state index in [1.165, 1.54) is 0 Å². The molecular formula is C8H9O2. The first-order valence-corrected chi connectivity index (χ1v) is 2.96. The van der Waals surface area contributed by atoms with Crippen LogP contribution in [-0.4, -0.2) is 14.2 Å². The molecule has 53 valence electrons. The van der Waals surface area contributed by atoms with E-state index < -0.39 is 0 Å². The monoisotopic (exact) mass is 137 g/mol. The molecule has 10 heavy (non-hydrogen) atoms. The zero-order valence-corrected chi connectivity index (χ0v) is 6.05. The molecule has 0 saturated heterocycles. The molecule has 1 aromatic carbocycles. The second-order valence-electron chi connectivity index (χ2n) is 1.80. The third-order valence-corrected chi connectivity index (χ3v) is 1.20. The highest BCUT2D eigenvalue weighted by Crippen LogP contribution is 2.16. The molecule has 0 aliphatic rings. The van der Waals surface area contributed by atoms with E-state index in [1.54, 1.807) is 26.4 Å². The summed E-state index contributed by atoms with van der Waals surface area (Å²) >= 11 is 0. The Morgan fingerprint density at radius 2 is 2.10 bits per heavy atom. The van der Waals surface area contributed by atoms with Crippen LogP contribution in [0.2, 0.25) is 0 Å². The van der Waals surface area contributed by atoms with Crippen molar-refractivity contribution in [2.45, 2.75) is 0 Å². The first-order chi connectivity index (χ1) is 4.86. The summed E-state index contributed by atoms with van der Waals surface area (Å²) in [7, 11) is 3.22. The van der Waals surface area contributed by atoms with Gasteiger partial charge in [-0.05, 0) is 12.1 Å². The maximum Gasteiger partial charge on any atom is 0.130 e. The number of methoxy groups -OCH3 is 2. The van der Waals surface area contributed by atoms with Crippen LogP contribution in [-0.2, 0) is 0 Å². The molecule has 2 heteroatoms. The Morgan fingerprint density at radius 1 is 1.30 bits per heavy atom. The van der Waals surface area contributed by atoms with Crippen molar-refractivity contribution in [2.24, 2.45) is 0 Å². The molecule has 1 rings (SSSR count). The van der Waals surface area contributed by atoms with E-state index in [2.05, 4.69) is 6.07 Å². The summed E-state index contributed by atoms with van der Waals surface area (Å²) in [5.41, 5.74) is 0. The Morgan fingerprint density at radius 3 is 2.70 bits per heavy atom. The van der Waals surface area contributed by atoms with Crippen molar-refractivity contribution in [3.63, 3.8) is 0 Å². The van der Waals surface area contributed by atoms with Crippen LogP contribution in [0.4, 0.5) is 0 Å². The molecule has 0 N–H and O–H groups in total. The molecule has 0 aliphatic carbocycles. The van der Waals surface area contributed by atoms with Crippen molar-refractivity contribution >= 4 is 0 Å². The highest BCUT2D eigenvalue weighted by atomic mass is 16.5. The van der Waals surface area contributed by atoms with Crippen molar-refractivity contribution < 1.29 is 9.47 Å². The molecular weight excluding hydrogens is 128 g/mol. The van der Waals surface area contributed by atoms with Gasteiger partial charge in [0.05, 0.1) is 14.2 Å². The zero-order valence-electron chi connectivity index (χ0n) is 6.05. The first kappa shape index (κ1) is 6.93. The van der Waals surface area contributed by atoms with Crippen LogP contribution in [0, 0.1) is 6.07 Å². The minimum atomic E-state index is 0.694. The molecule has 0 unspecified atom stereocenters. The van der Waals surface area contributed by atoms with Crippen molar-refractivity contribution in [1.29, 1.82) is 0 Å². The fraction of sp³-hybridized carbons (Fsp3) is 0.250. The minimum absolute atomic E-state index is 0.694. The molecule has 0 aliphatic heterocycles. The predicted molar refractivity (Wildman–Crippen MR) is 38.4 cm³/mol. The number of rotatable bonds is 2. The van der Waals surface area contributed by atoms with Crippen molar-refractivity contribution in [3.8, 4) is 11.5 Å². The Bertz CT molecular complexity index is 189. The Kier molecular flexibility index (Phi) is 2.15. The van der Waals surface area contributed by atoms with Crippen molar-refractivity contribution in [2.75, 3.05) is 14.2 Å². The lowest BCUT2D eigenvalue weighted by Gasteiger charge is -2.00. The van der Waals surface area contributed by atoms with Gasteiger partial charge < -0.3 is 9.47 Å². The van der Waals surface area contributed by atoms with Crippen LogP contribution < -0.4 is 9.47 Å². The molecule has 2 nitrogen and oxygen atoms in total. The van der Waals surface area contributed by atoms with Gasteiger partial charge in [-0.1, -0.05) is 0 Å². The lowest BCUT2D eigenvalue weighted by atomic mass is 10.3. The summed E-state index contributed by atoms with van der Waals surface area (Å²) in [5, 5.41) is 0. The molecule has 0 bridgehead atoms. The normalized spacial score (nSPS) is 9.00. The van der Waals surface area contributed by atoms with E-state index in [0.717, 1.165) is 5.75 Å². The summed E-state index contributed by atoms with van der Waals surface area (Å²) in [6.07, 6.45) is 0. The predicted octanol–water partition coefficient (Wildman–Crippen LogP) is 1.50. The zero-order chi connectivity index (χ0) is 7.40. The number of hydrogen-bond acceptors (Lipinski definition) is 2. The van der Waals surface area contributed by atoms with Crippen LogP contribution in [0.15, 0.2) is 18.2 Å². The van der Waals surface area contributed by atoms with E-state index in [-0.39, 0.29) is 0 Å². The molecule has 0 aromatic heterocycles. The molecule has 0 fully saturated rings. The molecule has 0 atom stereocenters. The lowest BCUT2D eigenvalue weighted by molar-refractivity contribution is 0.394. The fourth-order valence-electron chi connectivity index (χ4n) is 0.670. The minimum Gasteiger partial charge on any atom is -0.497 e. The Hall–Kier alpha value is -1.18. The smallest absolute Gasteiger partial charge is 0.130 e. The molecule has 0 heterocycles. The summed E-state index contributed by atoms with van der Waals surface area (Å²) < 4.78 is 9.88. The van der Waals surface area contributed by atoms with Gasteiger partial charge in [-0.2, -0.15) is 0 Å². The maximum atomic E-state index is 4.96. The summed E-state index contributed by atoms with van der Waals surface area (Å²) in [6.45, 7) is 0. The molecule has 0 saturated carbocycles. The SMILES string of the molecule is COc1[c]ccc(OC)c1. The van der Waals surface area contributed by atoms with Gasteiger partial charge in [0.25, 0.3) is 0 Å². The standard InChI is InChI=1S/C8H9O2/c1-9-7-4-3-5-8(6-7)10-2/h3-4,6H,1-2H3. The van der Waals surface area contributed by atoms with Gasteiger partial charge >= 0.3 is 0 Å². The average Bonchev–Trinajstić information content (AvgIpc) is 2.05. The third-order valence-electron chi connectivity index (χ3n) is 1.20. The molecule has 0 spiro atoms. The maximum absolute atomic E-state index is 4.96. The Labute approximate surface area is 60.4 Å². The molecule has 1 radical (unpaired) electrons. The quantitative estimate of drug-likeness (QED) is 0.615. The van der Waals surface area contributed by atoms with Gasteiger partial charge in [0.1, 0.15) is 11.5 Å². The molecule has 0 amide bonds. The van der Waals surface area contributed by atoms with Crippen molar-refractivity contribution in [3.05, 3.63) is 24.3 Å². The van der Waals surface area contributed by atoms with Gasteiger partial charge in [0.2, 0.25) is 0 Å². The van der Waals surface area contributed by atoms with E-state index in [9.17, 15) is 0 Å². The van der Waals surface area contributed by atoms with Crippen LogP contribution >= 0.6 is 0 Å². The van der Waals surface area contributed by atoms with E-state index in [1.807, 2.05) is 6.07 Å². The summed E-state index contributed by atoms with van der Waals surface area (Å²) in [5.74, 6) is 1.48. The van der Waals surface area contributed by atoms with Crippen LogP contribution in [0.3, 0.4) is 0 Å². The lowest BCUT2D eigenvalue weighted by Crippen LogP contribution is -1.85. The van der Waals surface area contributed by atoms with E-state index in [0.29, 0.717) is 5.75 Å². The Balaban J connectivity index is 2.87. The van der Waals surface area contributed by atoms with Crippen molar-refractivity contribution in [1.82, 2.24) is 0 Å². The number of benzene rings is 1. The number of hydrogen-bond donors (Lipinski definition) is 0. The summed E-state index contributed by atoms with van der Waals surface area (Å²) in [6, 6.07) is 8.25. The molecule has 1 aromatic rings. The van der Waals surface area contributed by atoms with Crippen LogP contribution in [0.1, 0.15) is 0 Å². The van der Waals surface area contributed by atoms with Crippen LogP contribution in [0.25, 0.3) is 0 Å². The van der Waals surface area contributed by atoms with E-state index in [4.69, 9.17) is 9.47 Å². The van der Waals surface area contributed by atoms with Gasteiger partial charge in [-0.15, -0.1) is 0 Å². The van der Waals surface area contributed by atoms with Gasteiger partial charge in [-0.3, -0.25) is 0 Å². The van der Waals surface area contributed by atoms with Gasteiger partial charge in [0, 0.05) is 12.1 Å². The topological polar surface area (TPSA) is 18.5 Å². The first-order valence-electron chi connectivity index (χ1n) is 2.96. The number of ether oxygens (including phenoxy) is 2. The second-order valence-corrected chi connectivity index (χ2v) is 1.80.